The van der Waals surface area contributed by atoms with E-state index < -0.39 is 5.92 Å². The van der Waals surface area contributed by atoms with E-state index in [2.05, 4.69) is 4.90 Å². The van der Waals surface area contributed by atoms with Gasteiger partial charge in [-0.1, -0.05) is 6.92 Å². The van der Waals surface area contributed by atoms with E-state index in [-0.39, 0.29) is 18.8 Å². The molecule has 0 N–H and O–H groups in total. The van der Waals surface area contributed by atoms with E-state index in [1.54, 1.807) is 0 Å². The Bertz CT molecular complexity index is 128. The monoisotopic (exact) mass is 163 g/mol. The van der Waals surface area contributed by atoms with Gasteiger partial charge in [0.15, 0.2) is 0 Å². The average molecular weight is 163 g/mol. The SMILES string of the molecule is CCN(C)CC1CC(F)(F)C1. The molecule has 0 unspecified atom stereocenters. The Morgan fingerprint density at radius 1 is 1.45 bits per heavy atom. The lowest BCUT2D eigenvalue weighted by molar-refractivity contribution is -0.115. The molecule has 0 aromatic rings. The zero-order valence-corrected chi connectivity index (χ0v) is 7.11. The summed E-state index contributed by atoms with van der Waals surface area (Å²) < 4.78 is 24.6. The zero-order chi connectivity index (χ0) is 8.48. The summed E-state index contributed by atoms with van der Waals surface area (Å²) in [6, 6.07) is 0. The van der Waals surface area contributed by atoms with Crippen LogP contribution in [0, 0.1) is 5.92 Å². The molecule has 1 fully saturated rings. The Hall–Kier alpha value is -0.180. The first-order chi connectivity index (χ1) is 5.03. The largest absolute Gasteiger partial charge is 0.306 e. The third-order valence-electron chi connectivity index (χ3n) is 2.28. The summed E-state index contributed by atoms with van der Waals surface area (Å²) in [6.45, 7) is 3.81. The van der Waals surface area contributed by atoms with Gasteiger partial charge in [0.05, 0.1) is 0 Å². The molecule has 0 radical (unpaired) electrons. The molecule has 11 heavy (non-hydrogen) atoms. The van der Waals surface area contributed by atoms with Gasteiger partial charge < -0.3 is 4.90 Å². The van der Waals surface area contributed by atoms with E-state index in [0.717, 1.165) is 13.1 Å². The highest BCUT2D eigenvalue weighted by Crippen LogP contribution is 2.42. The molecule has 1 saturated carbocycles. The molecule has 0 bridgehead atoms. The number of alkyl halides is 2. The number of halogens is 2. The summed E-state index contributed by atoms with van der Waals surface area (Å²) >= 11 is 0. The van der Waals surface area contributed by atoms with Crippen molar-refractivity contribution in [1.29, 1.82) is 0 Å². The minimum atomic E-state index is -2.35. The second-order valence-corrected chi connectivity index (χ2v) is 3.49. The maximum absolute atomic E-state index is 12.3. The van der Waals surface area contributed by atoms with Gasteiger partial charge in [-0.25, -0.2) is 8.78 Å². The fraction of sp³-hybridized carbons (Fsp3) is 1.00. The number of hydrogen-bond acceptors (Lipinski definition) is 1. The highest BCUT2D eigenvalue weighted by molar-refractivity contribution is 4.87. The number of hydrogen-bond donors (Lipinski definition) is 0. The maximum atomic E-state index is 12.3. The van der Waals surface area contributed by atoms with Crippen LogP contribution in [0.25, 0.3) is 0 Å². The first-order valence-electron chi connectivity index (χ1n) is 4.10. The zero-order valence-electron chi connectivity index (χ0n) is 7.11. The van der Waals surface area contributed by atoms with Gasteiger partial charge in [-0.05, 0) is 19.5 Å². The van der Waals surface area contributed by atoms with Crippen molar-refractivity contribution in [2.24, 2.45) is 5.92 Å². The predicted octanol–water partition coefficient (Wildman–Crippen LogP) is 1.98. The van der Waals surface area contributed by atoms with Gasteiger partial charge in [0.2, 0.25) is 5.92 Å². The van der Waals surface area contributed by atoms with Crippen LogP contribution in [-0.2, 0) is 0 Å². The van der Waals surface area contributed by atoms with Crippen LogP contribution < -0.4 is 0 Å². The lowest BCUT2D eigenvalue weighted by Crippen LogP contribution is -2.41. The Morgan fingerprint density at radius 2 is 2.00 bits per heavy atom. The molecule has 0 heterocycles. The number of nitrogens with zero attached hydrogens (tertiary/aromatic N) is 1. The lowest BCUT2D eigenvalue weighted by Gasteiger charge is -2.36. The molecule has 3 heteroatoms. The summed E-state index contributed by atoms with van der Waals surface area (Å²) in [7, 11) is 1.97. The fourth-order valence-electron chi connectivity index (χ4n) is 1.48. The molecule has 0 aliphatic heterocycles. The summed E-state index contributed by atoms with van der Waals surface area (Å²) in [5.74, 6) is -2.12. The van der Waals surface area contributed by atoms with Crippen molar-refractivity contribution in [1.82, 2.24) is 4.90 Å². The molecule has 66 valence electrons. The Labute approximate surface area is 66.4 Å². The van der Waals surface area contributed by atoms with Crippen LogP contribution in [0.5, 0.6) is 0 Å². The molecular weight excluding hydrogens is 148 g/mol. The second-order valence-electron chi connectivity index (χ2n) is 3.49. The van der Waals surface area contributed by atoms with Gasteiger partial charge in [0.25, 0.3) is 0 Å². The Balaban J connectivity index is 2.13. The number of rotatable bonds is 3. The lowest BCUT2D eigenvalue weighted by atomic mass is 9.81. The molecule has 1 aliphatic carbocycles. The summed E-state index contributed by atoms with van der Waals surface area (Å²) in [6.07, 6.45) is 0.189. The average Bonchev–Trinajstić information content (AvgIpc) is 1.83. The molecule has 0 aromatic carbocycles. The van der Waals surface area contributed by atoms with Crippen LogP contribution in [0.1, 0.15) is 19.8 Å². The normalized spacial score (nSPS) is 23.7. The minimum Gasteiger partial charge on any atom is -0.306 e. The van der Waals surface area contributed by atoms with Crippen LogP contribution in [0.4, 0.5) is 8.78 Å². The molecule has 0 amide bonds. The molecule has 0 aromatic heterocycles. The van der Waals surface area contributed by atoms with Crippen molar-refractivity contribution in [3.63, 3.8) is 0 Å². The Morgan fingerprint density at radius 3 is 2.36 bits per heavy atom. The molecule has 0 spiro atoms. The van der Waals surface area contributed by atoms with Crippen LogP contribution in [0.15, 0.2) is 0 Å². The van der Waals surface area contributed by atoms with Crippen LogP contribution in [0.2, 0.25) is 0 Å². The first-order valence-corrected chi connectivity index (χ1v) is 4.10. The van der Waals surface area contributed by atoms with E-state index in [1.165, 1.54) is 0 Å². The van der Waals surface area contributed by atoms with Crippen LogP contribution in [-0.4, -0.2) is 31.0 Å². The molecule has 1 aliphatic rings. The van der Waals surface area contributed by atoms with Gasteiger partial charge in [-0.15, -0.1) is 0 Å². The van der Waals surface area contributed by atoms with E-state index in [0.29, 0.717) is 0 Å². The van der Waals surface area contributed by atoms with Crippen molar-refractivity contribution in [3.8, 4) is 0 Å². The highest BCUT2D eigenvalue weighted by atomic mass is 19.3. The molecular formula is C8H15F2N. The van der Waals surface area contributed by atoms with E-state index >= 15 is 0 Å². The fourth-order valence-corrected chi connectivity index (χ4v) is 1.48. The van der Waals surface area contributed by atoms with Gasteiger partial charge in [0, 0.05) is 19.4 Å². The van der Waals surface area contributed by atoms with Crippen molar-refractivity contribution in [3.05, 3.63) is 0 Å². The van der Waals surface area contributed by atoms with Crippen molar-refractivity contribution < 1.29 is 8.78 Å². The predicted molar refractivity (Wildman–Crippen MR) is 40.8 cm³/mol. The third kappa shape index (κ3) is 2.40. The van der Waals surface area contributed by atoms with Gasteiger partial charge in [-0.2, -0.15) is 0 Å². The molecule has 1 nitrogen and oxygen atoms in total. The third-order valence-corrected chi connectivity index (χ3v) is 2.28. The minimum absolute atomic E-state index is 0.0946. The van der Waals surface area contributed by atoms with Crippen LogP contribution >= 0.6 is 0 Å². The standard InChI is InChI=1S/C8H15F2N/c1-3-11(2)6-7-4-8(9,10)5-7/h7H,3-6H2,1-2H3. The Kier molecular flexibility index (Phi) is 2.47. The highest BCUT2D eigenvalue weighted by Gasteiger charge is 2.45. The van der Waals surface area contributed by atoms with Crippen LogP contribution in [0.3, 0.4) is 0 Å². The summed E-state index contributed by atoms with van der Waals surface area (Å²) in [5, 5.41) is 0. The quantitative estimate of drug-likeness (QED) is 0.615. The van der Waals surface area contributed by atoms with Gasteiger partial charge in [0.1, 0.15) is 0 Å². The van der Waals surface area contributed by atoms with E-state index in [4.69, 9.17) is 0 Å². The van der Waals surface area contributed by atoms with E-state index in [1.807, 2.05) is 14.0 Å². The summed E-state index contributed by atoms with van der Waals surface area (Å²) in [4.78, 5) is 2.08. The summed E-state index contributed by atoms with van der Waals surface area (Å²) in [5.41, 5.74) is 0. The topological polar surface area (TPSA) is 3.24 Å². The molecule has 0 saturated heterocycles. The smallest absolute Gasteiger partial charge is 0.248 e. The first kappa shape index (κ1) is 8.91. The van der Waals surface area contributed by atoms with Gasteiger partial charge in [-0.3, -0.25) is 0 Å². The second kappa shape index (κ2) is 3.05. The van der Waals surface area contributed by atoms with Crippen molar-refractivity contribution in [2.45, 2.75) is 25.7 Å². The molecule has 0 atom stereocenters. The maximum Gasteiger partial charge on any atom is 0.248 e. The van der Waals surface area contributed by atoms with E-state index in [9.17, 15) is 8.78 Å². The van der Waals surface area contributed by atoms with Crippen molar-refractivity contribution in [2.75, 3.05) is 20.1 Å². The molecule has 1 rings (SSSR count). The van der Waals surface area contributed by atoms with Gasteiger partial charge >= 0.3 is 0 Å². The van der Waals surface area contributed by atoms with Crippen molar-refractivity contribution >= 4 is 0 Å².